The summed E-state index contributed by atoms with van der Waals surface area (Å²) in [6.45, 7) is 2.02. The summed E-state index contributed by atoms with van der Waals surface area (Å²) < 4.78 is 5.26. The molecule has 2 aliphatic rings. The van der Waals surface area contributed by atoms with E-state index in [2.05, 4.69) is 0 Å². The van der Waals surface area contributed by atoms with Crippen molar-refractivity contribution in [2.24, 2.45) is 0 Å². The minimum Gasteiger partial charge on any atom is -0.451 e. The van der Waals surface area contributed by atoms with Crippen molar-refractivity contribution < 1.29 is 23.9 Å². The van der Waals surface area contributed by atoms with E-state index in [4.69, 9.17) is 4.74 Å². The van der Waals surface area contributed by atoms with Crippen LogP contribution in [0.25, 0.3) is 0 Å². The predicted molar refractivity (Wildman–Crippen MR) is 107 cm³/mol. The van der Waals surface area contributed by atoms with Gasteiger partial charge in [-0.3, -0.25) is 24.1 Å². The molecule has 7 heteroatoms. The highest BCUT2D eigenvalue weighted by Crippen LogP contribution is 2.21. The highest BCUT2D eigenvalue weighted by atomic mass is 16.5. The molecule has 0 aliphatic carbocycles. The fraction of sp³-hybridized carbons (Fsp3) is 0.304. The van der Waals surface area contributed by atoms with Gasteiger partial charge in [0.05, 0.1) is 6.42 Å². The van der Waals surface area contributed by atoms with Gasteiger partial charge in [-0.15, -0.1) is 0 Å². The number of nitrogens with zero attached hydrogens (tertiary/aromatic N) is 2. The molecule has 0 spiro atoms. The first-order valence-electron chi connectivity index (χ1n) is 9.91. The maximum atomic E-state index is 12.7. The van der Waals surface area contributed by atoms with Crippen molar-refractivity contribution in [3.05, 3.63) is 70.8 Å². The molecule has 30 heavy (non-hydrogen) atoms. The van der Waals surface area contributed by atoms with E-state index in [1.807, 2.05) is 24.3 Å². The zero-order chi connectivity index (χ0) is 21.3. The van der Waals surface area contributed by atoms with Crippen molar-refractivity contribution >= 4 is 23.7 Å². The first-order chi connectivity index (χ1) is 14.4. The van der Waals surface area contributed by atoms with Gasteiger partial charge in [0.15, 0.2) is 6.10 Å². The second kappa shape index (κ2) is 8.10. The fourth-order valence-corrected chi connectivity index (χ4v) is 3.91. The average Bonchev–Trinajstić information content (AvgIpc) is 2.75. The Morgan fingerprint density at radius 3 is 2.43 bits per heavy atom. The largest absolute Gasteiger partial charge is 0.451 e. The Morgan fingerprint density at radius 2 is 1.67 bits per heavy atom. The summed E-state index contributed by atoms with van der Waals surface area (Å²) in [7, 11) is 0. The number of esters is 1. The quantitative estimate of drug-likeness (QED) is 0.570. The molecule has 2 aliphatic heterocycles. The summed E-state index contributed by atoms with van der Waals surface area (Å²) in [6, 6.07) is 14.8. The highest BCUT2D eigenvalue weighted by Gasteiger charge is 2.34. The third-order valence-corrected chi connectivity index (χ3v) is 5.52. The van der Waals surface area contributed by atoms with Gasteiger partial charge >= 0.3 is 5.97 Å². The number of ether oxygens (including phenoxy) is 1. The smallest absolute Gasteiger partial charge is 0.326 e. The lowest BCUT2D eigenvalue weighted by molar-refractivity contribution is -0.161. The number of hydrogen-bond donors (Lipinski definition) is 0. The van der Waals surface area contributed by atoms with Gasteiger partial charge in [-0.05, 0) is 36.1 Å². The molecule has 0 N–H and O–H groups in total. The van der Waals surface area contributed by atoms with Gasteiger partial charge in [0.25, 0.3) is 11.8 Å². The van der Waals surface area contributed by atoms with Crippen LogP contribution in [-0.4, -0.2) is 52.7 Å². The number of hydrogen-bond acceptors (Lipinski definition) is 5. The molecule has 4 rings (SSSR count). The van der Waals surface area contributed by atoms with E-state index in [1.165, 1.54) is 12.5 Å². The second-order valence-electron chi connectivity index (χ2n) is 7.53. The molecule has 0 aromatic heterocycles. The number of rotatable bonds is 4. The Morgan fingerprint density at radius 1 is 1.00 bits per heavy atom. The van der Waals surface area contributed by atoms with Crippen LogP contribution in [0.5, 0.6) is 0 Å². The van der Waals surface area contributed by atoms with E-state index < -0.39 is 30.4 Å². The van der Waals surface area contributed by atoms with Crippen LogP contribution in [0, 0.1) is 0 Å². The van der Waals surface area contributed by atoms with Crippen LogP contribution >= 0.6 is 0 Å². The van der Waals surface area contributed by atoms with Gasteiger partial charge in [0, 0.05) is 18.7 Å². The standard InChI is InChI=1S/C23H22N2O5/c1-15(22(28)24-11-10-16-6-2-3-8-18(16)13-24)30-21(27)14-25-20(26)12-17-7-4-5-9-19(17)23(25)29/h2-9,15H,10-14H2,1H3/t15-/m1/s1. The summed E-state index contributed by atoms with van der Waals surface area (Å²) in [5, 5.41) is 0. The van der Waals surface area contributed by atoms with E-state index in [1.54, 1.807) is 29.2 Å². The van der Waals surface area contributed by atoms with Crippen LogP contribution in [0.2, 0.25) is 0 Å². The molecular weight excluding hydrogens is 384 g/mol. The first-order valence-corrected chi connectivity index (χ1v) is 9.91. The van der Waals surface area contributed by atoms with Gasteiger partial charge in [-0.25, -0.2) is 0 Å². The van der Waals surface area contributed by atoms with Crippen LogP contribution in [0.15, 0.2) is 48.5 Å². The minimum atomic E-state index is -0.995. The third-order valence-electron chi connectivity index (χ3n) is 5.52. The molecular formula is C23H22N2O5. The van der Waals surface area contributed by atoms with Gasteiger partial charge in [0.2, 0.25) is 5.91 Å². The fourth-order valence-electron chi connectivity index (χ4n) is 3.91. The molecule has 3 amide bonds. The molecule has 0 radical (unpaired) electrons. The number of benzene rings is 2. The topological polar surface area (TPSA) is 84.0 Å². The zero-order valence-electron chi connectivity index (χ0n) is 16.7. The molecule has 7 nitrogen and oxygen atoms in total. The van der Waals surface area contributed by atoms with Crippen molar-refractivity contribution in [1.29, 1.82) is 0 Å². The monoisotopic (exact) mass is 406 g/mol. The van der Waals surface area contributed by atoms with Gasteiger partial charge in [-0.2, -0.15) is 0 Å². The van der Waals surface area contributed by atoms with Crippen molar-refractivity contribution in [1.82, 2.24) is 9.80 Å². The molecule has 2 aromatic carbocycles. The van der Waals surface area contributed by atoms with Gasteiger partial charge in [0.1, 0.15) is 6.54 Å². The van der Waals surface area contributed by atoms with Crippen molar-refractivity contribution in [2.75, 3.05) is 13.1 Å². The lowest BCUT2D eigenvalue weighted by Crippen LogP contribution is -2.47. The molecule has 0 fully saturated rings. The van der Waals surface area contributed by atoms with Crippen LogP contribution in [0.1, 0.15) is 34.0 Å². The maximum Gasteiger partial charge on any atom is 0.326 e. The minimum absolute atomic E-state index is 0.0524. The summed E-state index contributed by atoms with van der Waals surface area (Å²) >= 11 is 0. The molecule has 2 heterocycles. The Labute approximate surface area is 174 Å². The van der Waals surface area contributed by atoms with Crippen LogP contribution in [0.4, 0.5) is 0 Å². The van der Waals surface area contributed by atoms with Crippen molar-refractivity contribution in [3.63, 3.8) is 0 Å². The van der Waals surface area contributed by atoms with Crippen LogP contribution in [-0.2, 0) is 38.5 Å². The van der Waals surface area contributed by atoms with E-state index in [0.29, 0.717) is 24.2 Å². The number of imide groups is 1. The Kier molecular flexibility index (Phi) is 5.35. The number of carbonyl (C=O) groups is 4. The molecule has 0 bridgehead atoms. The second-order valence-corrected chi connectivity index (χ2v) is 7.53. The maximum absolute atomic E-state index is 12.7. The number of fused-ring (bicyclic) bond motifs is 2. The summed E-state index contributed by atoms with van der Waals surface area (Å²) in [5.74, 6) is -2.05. The molecule has 0 unspecified atom stereocenters. The average molecular weight is 406 g/mol. The van der Waals surface area contributed by atoms with E-state index in [9.17, 15) is 19.2 Å². The summed E-state index contributed by atoms with van der Waals surface area (Å²) in [4.78, 5) is 52.5. The summed E-state index contributed by atoms with van der Waals surface area (Å²) in [5.41, 5.74) is 3.35. The van der Waals surface area contributed by atoms with Crippen molar-refractivity contribution in [3.8, 4) is 0 Å². The first kappa shape index (κ1) is 19.8. The van der Waals surface area contributed by atoms with Gasteiger partial charge in [-0.1, -0.05) is 42.5 Å². The lowest BCUT2D eigenvalue weighted by atomic mass is 9.98. The Bertz CT molecular complexity index is 1030. The predicted octanol–water partition coefficient (Wildman–Crippen LogP) is 1.73. The highest BCUT2D eigenvalue weighted by molar-refractivity contribution is 6.11. The van der Waals surface area contributed by atoms with E-state index >= 15 is 0 Å². The molecule has 0 saturated heterocycles. The van der Waals surface area contributed by atoms with Crippen LogP contribution < -0.4 is 0 Å². The van der Waals surface area contributed by atoms with E-state index in [0.717, 1.165) is 16.9 Å². The van der Waals surface area contributed by atoms with Gasteiger partial charge < -0.3 is 9.64 Å². The molecule has 0 saturated carbocycles. The van der Waals surface area contributed by atoms with Crippen molar-refractivity contribution in [2.45, 2.75) is 32.4 Å². The zero-order valence-corrected chi connectivity index (χ0v) is 16.7. The third kappa shape index (κ3) is 3.83. The number of amides is 3. The lowest BCUT2D eigenvalue weighted by Gasteiger charge is -2.31. The molecule has 154 valence electrons. The van der Waals surface area contributed by atoms with Crippen LogP contribution in [0.3, 0.4) is 0 Å². The SMILES string of the molecule is C[C@@H](OC(=O)CN1C(=O)Cc2ccccc2C1=O)C(=O)N1CCc2ccccc2C1. The Balaban J connectivity index is 1.37. The number of carbonyl (C=O) groups excluding carboxylic acids is 4. The molecule has 1 atom stereocenters. The molecule has 2 aromatic rings. The summed E-state index contributed by atoms with van der Waals surface area (Å²) in [6.07, 6.45) is -0.194. The Hall–Kier alpha value is -3.48. The van der Waals surface area contributed by atoms with E-state index in [-0.39, 0.29) is 12.3 Å². The normalized spacial score (nSPS) is 16.6.